The fraction of sp³-hybridized carbons (Fsp3) is 0.400. The van der Waals surface area contributed by atoms with Gasteiger partial charge in [-0.25, -0.2) is 9.97 Å². The predicted octanol–water partition coefficient (Wildman–Crippen LogP) is 1.21. The molecule has 0 amide bonds. The summed E-state index contributed by atoms with van der Waals surface area (Å²) in [7, 11) is 1.80. The first-order valence-electron chi connectivity index (χ1n) is 5.09. The molecule has 0 saturated carbocycles. The summed E-state index contributed by atoms with van der Waals surface area (Å²) in [6, 6.07) is 2.08. The van der Waals surface area contributed by atoms with E-state index in [9.17, 15) is 0 Å². The van der Waals surface area contributed by atoms with E-state index in [1.54, 1.807) is 36.4 Å². The van der Waals surface area contributed by atoms with Crippen LogP contribution in [-0.4, -0.2) is 25.0 Å². The number of rotatable bonds is 3. The molecule has 0 unspecified atom stereocenters. The van der Waals surface area contributed by atoms with E-state index in [4.69, 9.17) is 4.74 Å². The van der Waals surface area contributed by atoms with Gasteiger partial charge < -0.3 is 4.74 Å². The van der Waals surface area contributed by atoms with Crippen molar-refractivity contribution in [3.63, 3.8) is 0 Å². The van der Waals surface area contributed by atoms with Crippen LogP contribution in [0.1, 0.15) is 19.5 Å². The molecule has 0 aliphatic heterocycles. The van der Waals surface area contributed by atoms with E-state index in [0.29, 0.717) is 12.6 Å². The molecule has 0 radical (unpaired) electrons. The number of aryl methyl sites for hydroxylation is 1. The van der Waals surface area contributed by atoms with E-state index in [1.165, 1.54) is 0 Å². The lowest BCUT2D eigenvalue weighted by Crippen LogP contribution is -1.98. The van der Waals surface area contributed by atoms with Crippen LogP contribution in [0.2, 0.25) is 0 Å². The SMILES string of the molecule is CC.Cn1cc(COc2ncccn2)nn1. The quantitative estimate of drug-likeness (QED) is 0.779. The van der Waals surface area contributed by atoms with Crippen LogP contribution in [0.25, 0.3) is 0 Å². The Morgan fingerprint density at radius 2 is 1.94 bits per heavy atom. The van der Waals surface area contributed by atoms with E-state index in [0.717, 1.165) is 5.69 Å². The Balaban J connectivity index is 0.000000606. The summed E-state index contributed by atoms with van der Waals surface area (Å²) in [6.45, 7) is 4.33. The van der Waals surface area contributed by atoms with Gasteiger partial charge in [-0.1, -0.05) is 19.1 Å². The van der Waals surface area contributed by atoms with Gasteiger partial charge in [-0.3, -0.25) is 4.68 Å². The van der Waals surface area contributed by atoms with Gasteiger partial charge in [0.15, 0.2) is 0 Å². The van der Waals surface area contributed by atoms with Crippen LogP contribution in [0.4, 0.5) is 0 Å². The molecule has 0 aliphatic carbocycles. The topological polar surface area (TPSA) is 65.7 Å². The molecule has 0 atom stereocenters. The van der Waals surface area contributed by atoms with Gasteiger partial charge in [-0.05, 0) is 6.07 Å². The molecule has 0 spiro atoms. The average Bonchev–Trinajstić information content (AvgIpc) is 2.77. The highest BCUT2D eigenvalue weighted by Crippen LogP contribution is 2.01. The molecule has 6 heteroatoms. The first-order valence-corrected chi connectivity index (χ1v) is 5.09. The minimum atomic E-state index is 0.331. The van der Waals surface area contributed by atoms with Gasteiger partial charge in [0.1, 0.15) is 12.3 Å². The minimum absolute atomic E-state index is 0.331. The lowest BCUT2D eigenvalue weighted by molar-refractivity contribution is 0.276. The fourth-order valence-electron chi connectivity index (χ4n) is 0.960. The third-order valence-corrected chi connectivity index (χ3v) is 1.54. The normalized spacial score (nSPS) is 9.19. The molecule has 16 heavy (non-hydrogen) atoms. The van der Waals surface area contributed by atoms with Crippen molar-refractivity contribution in [3.05, 3.63) is 30.4 Å². The third-order valence-electron chi connectivity index (χ3n) is 1.54. The van der Waals surface area contributed by atoms with Crippen molar-refractivity contribution in [2.75, 3.05) is 0 Å². The van der Waals surface area contributed by atoms with Crippen LogP contribution in [0, 0.1) is 0 Å². The van der Waals surface area contributed by atoms with E-state index in [2.05, 4.69) is 20.3 Å². The maximum atomic E-state index is 5.27. The zero-order valence-corrected chi connectivity index (χ0v) is 9.66. The Labute approximate surface area is 94.3 Å². The van der Waals surface area contributed by atoms with E-state index in [1.807, 2.05) is 13.8 Å². The zero-order chi connectivity index (χ0) is 11.8. The van der Waals surface area contributed by atoms with Crippen LogP contribution >= 0.6 is 0 Å². The van der Waals surface area contributed by atoms with Gasteiger partial charge in [0.05, 0.1) is 6.20 Å². The summed E-state index contributed by atoms with van der Waals surface area (Å²) in [6.07, 6.45) is 5.03. The highest BCUT2D eigenvalue weighted by molar-refractivity contribution is 4.96. The second kappa shape index (κ2) is 6.49. The molecule has 2 heterocycles. The van der Waals surface area contributed by atoms with Gasteiger partial charge >= 0.3 is 6.01 Å². The van der Waals surface area contributed by atoms with E-state index >= 15 is 0 Å². The van der Waals surface area contributed by atoms with E-state index < -0.39 is 0 Å². The van der Waals surface area contributed by atoms with Crippen LogP contribution in [0.3, 0.4) is 0 Å². The van der Waals surface area contributed by atoms with E-state index in [-0.39, 0.29) is 0 Å². The summed E-state index contributed by atoms with van der Waals surface area (Å²) in [5, 5.41) is 7.64. The molecule has 0 aromatic carbocycles. The number of aromatic nitrogens is 5. The highest BCUT2D eigenvalue weighted by Gasteiger charge is 2.00. The van der Waals surface area contributed by atoms with Crippen LogP contribution in [0.15, 0.2) is 24.7 Å². The molecule has 0 saturated heterocycles. The Hall–Kier alpha value is -1.98. The second-order valence-electron chi connectivity index (χ2n) is 2.70. The molecule has 0 bridgehead atoms. The first kappa shape index (κ1) is 12.1. The number of hydrogen-bond acceptors (Lipinski definition) is 5. The summed E-state index contributed by atoms with van der Waals surface area (Å²) < 4.78 is 6.88. The van der Waals surface area contributed by atoms with Crippen molar-refractivity contribution in [2.45, 2.75) is 20.5 Å². The number of ether oxygens (including phenoxy) is 1. The summed E-state index contributed by atoms with van der Waals surface area (Å²) in [5.41, 5.74) is 0.750. The largest absolute Gasteiger partial charge is 0.457 e. The zero-order valence-electron chi connectivity index (χ0n) is 9.66. The maximum absolute atomic E-state index is 5.27. The van der Waals surface area contributed by atoms with Gasteiger partial charge in [-0.2, -0.15) is 0 Å². The smallest absolute Gasteiger partial charge is 0.316 e. The summed E-state index contributed by atoms with van der Waals surface area (Å²) in [4.78, 5) is 7.82. The van der Waals surface area contributed by atoms with Crippen LogP contribution in [-0.2, 0) is 13.7 Å². The Morgan fingerprint density at radius 1 is 1.25 bits per heavy atom. The van der Waals surface area contributed by atoms with Crippen LogP contribution in [0.5, 0.6) is 6.01 Å². The lowest BCUT2D eigenvalue weighted by atomic mass is 10.5. The second-order valence-corrected chi connectivity index (χ2v) is 2.70. The monoisotopic (exact) mass is 221 g/mol. The minimum Gasteiger partial charge on any atom is -0.457 e. The molecule has 0 N–H and O–H groups in total. The summed E-state index contributed by atoms with van der Waals surface area (Å²) >= 11 is 0. The van der Waals surface area contributed by atoms with Crippen molar-refractivity contribution in [3.8, 4) is 6.01 Å². The van der Waals surface area contributed by atoms with Gasteiger partial charge in [0.2, 0.25) is 0 Å². The first-order chi connectivity index (χ1) is 7.84. The third kappa shape index (κ3) is 3.64. The van der Waals surface area contributed by atoms with Crippen molar-refractivity contribution in [1.29, 1.82) is 0 Å². The van der Waals surface area contributed by atoms with Gasteiger partial charge in [0.25, 0.3) is 0 Å². The molecular formula is C10H15N5O. The van der Waals surface area contributed by atoms with Crippen molar-refractivity contribution in [1.82, 2.24) is 25.0 Å². The molecule has 2 aromatic rings. The van der Waals surface area contributed by atoms with Crippen molar-refractivity contribution < 1.29 is 4.74 Å². The molecule has 86 valence electrons. The molecule has 0 aliphatic rings. The van der Waals surface area contributed by atoms with Crippen molar-refractivity contribution in [2.24, 2.45) is 7.05 Å². The molecule has 6 nitrogen and oxygen atoms in total. The molecule has 2 aromatic heterocycles. The van der Waals surface area contributed by atoms with Crippen LogP contribution < -0.4 is 4.74 Å². The number of hydrogen-bond donors (Lipinski definition) is 0. The maximum Gasteiger partial charge on any atom is 0.316 e. The summed E-state index contributed by atoms with van der Waals surface area (Å²) in [5.74, 6) is 0. The lowest BCUT2D eigenvalue weighted by Gasteiger charge is -1.99. The Kier molecular flexibility index (Phi) is 4.91. The molecule has 0 fully saturated rings. The predicted molar refractivity (Wildman–Crippen MR) is 58.7 cm³/mol. The highest BCUT2D eigenvalue weighted by atomic mass is 16.5. The van der Waals surface area contributed by atoms with Gasteiger partial charge in [0, 0.05) is 19.4 Å². The Bertz CT molecular complexity index is 401. The molecule has 2 rings (SSSR count). The van der Waals surface area contributed by atoms with Gasteiger partial charge in [-0.15, -0.1) is 5.10 Å². The average molecular weight is 221 g/mol. The van der Waals surface area contributed by atoms with Crippen molar-refractivity contribution >= 4 is 0 Å². The Morgan fingerprint density at radius 3 is 2.50 bits per heavy atom. The number of nitrogens with zero attached hydrogens (tertiary/aromatic N) is 5. The standard InChI is InChI=1S/C8H9N5O.C2H6/c1-13-5-7(11-12-13)6-14-8-9-3-2-4-10-8;1-2/h2-5H,6H2,1H3;1-2H3. The fourth-order valence-corrected chi connectivity index (χ4v) is 0.960. The molecular weight excluding hydrogens is 206 g/mol.